The SMILES string of the molecule is CCC(/C=C/C(=O)OC)c1ccccc1. The van der Waals surface area contributed by atoms with Crippen molar-refractivity contribution in [1.82, 2.24) is 0 Å². The maximum atomic E-state index is 11.0. The van der Waals surface area contributed by atoms with Gasteiger partial charge in [0.15, 0.2) is 0 Å². The maximum Gasteiger partial charge on any atom is 0.330 e. The van der Waals surface area contributed by atoms with Crippen molar-refractivity contribution in [2.24, 2.45) is 0 Å². The second-order valence-electron chi connectivity index (χ2n) is 3.31. The Balaban J connectivity index is 2.73. The second-order valence-corrected chi connectivity index (χ2v) is 3.31. The fraction of sp³-hybridized carbons (Fsp3) is 0.308. The third kappa shape index (κ3) is 3.58. The fourth-order valence-corrected chi connectivity index (χ4v) is 1.45. The lowest BCUT2D eigenvalue weighted by Gasteiger charge is -2.09. The lowest BCUT2D eigenvalue weighted by molar-refractivity contribution is -0.134. The lowest BCUT2D eigenvalue weighted by Crippen LogP contribution is -1.97. The van der Waals surface area contributed by atoms with Gasteiger partial charge in [0, 0.05) is 12.0 Å². The molecular formula is C13H16O2. The minimum Gasteiger partial charge on any atom is -0.466 e. The molecule has 0 N–H and O–H groups in total. The fourth-order valence-electron chi connectivity index (χ4n) is 1.45. The van der Waals surface area contributed by atoms with Gasteiger partial charge in [0.2, 0.25) is 0 Å². The van der Waals surface area contributed by atoms with Gasteiger partial charge in [0.1, 0.15) is 0 Å². The molecule has 0 aliphatic heterocycles. The van der Waals surface area contributed by atoms with Crippen molar-refractivity contribution < 1.29 is 9.53 Å². The van der Waals surface area contributed by atoms with E-state index in [0.717, 1.165) is 6.42 Å². The first-order valence-corrected chi connectivity index (χ1v) is 5.09. The largest absolute Gasteiger partial charge is 0.466 e. The molecule has 0 radical (unpaired) electrons. The van der Waals surface area contributed by atoms with E-state index in [4.69, 9.17) is 0 Å². The summed E-state index contributed by atoms with van der Waals surface area (Å²) in [4.78, 5) is 11.0. The summed E-state index contributed by atoms with van der Waals surface area (Å²) in [5.41, 5.74) is 1.22. The Kier molecular flexibility index (Phi) is 4.61. The molecule has 0 saturated carbocycles. The Morgan fingerprint density at radius 1 is 1.40 bits per heavy atom. The summed E-state index contributed by atoms with van der Waals surface area (Å²) in [6.45, 7) is 2.10. The van der Waals surface area contributed by atoms with Crippen LogP contribution >= 0.6 is 0 Å². The summed E-state index contributed by atoms with van der Waals surface area (Å²) in [5, 5.41) is 0. The highest BCUT2D eigenvalue weighted by Crippen LogP contribution is 2.20. The Labute approximate surface area is 90.6 Å². The Morgan fingerprint density at radius 2 is 2.07 bits per heavy atom. The average molecular weight is 204 g/mol. The number of allylic oxidation sites excluding steroid dienone is 1. The number of hydrogen-bond acceptors (Lipinski definition) is 2. The van der Waals surface area contributed by atoms with Gasteiger partial charge in [0.05, 0.1) is 7.11 Å². The summed E-state index contributed by atoms with van der Waals surface area (Å²) in [7, 11) is 1.39. The van der Waals surface area contributed by atoms with E-state index in [2.05, 4.69) is 23.8 Å². The molecule has 0 aliphatic rings. The normalized spacial score (nSPS) is 12.7. The molecule has 0 heterocycles. The van der Waals surface area contributed by atoms with Crippen molar-refractivity contribution in [3.05, 3.63) is 48.0 Å². The Bertz CT molecular complexity index is 328. The quantitative estimate of drug-likeness (QED) is 0.557. The molecule has 15 heavy (non-hydrogen) atoms. The predicted molar refractivity (Wildman–Crippen MR) is 60.6 cm³/mol. The molecule has 1 aromatic rings. The van der Waals surface area contributed by atoms with Crippen molar-refractivity contribution in [2.75, 3.05) is 7.11 Å². The van der Waals surface area contributed by atoms with E-state index in [1.807, 2.05) is 24.3 Å². The molecule has 0 bridgehead atoms. The van der Waals surface area contributed by atoms with Crippen LogP contribution in [0.4, 0.5) is 0 Å². The summed E-state index contributed by atoms with van der Waals surface area (Å²) >= 11 is 0. The molecule has 0 amide bonds. The third-order valence-corrected chi connectivity index (χ3v) is 2.33. The summed E-state index contributed by atoms with van der Waals surface area (Å²) in [6.07, 6.45) is 4.35. The molecule has 2 heteroatoms. The van der Waals surface area contributed by atoms with Gasteiger partial charge in [0.25, 0.3) is 0 Å². The zero-order chi connectivity index (χ0) is 11.1. The number of methoxy groups -OCH3 is 1. The van der Waals surface area contributed by atoms with E-state index in [9.17, 15) is 4.79 Å². The molecule has 0 fully saturated rings. The molecule has 1 unspecified atom stereocenters. The van der Waals surface area contributed by atoms with Gasteiger partial charge < -0.3 is 4.74 Å². The highest BCUT2D eigenvalue weighted by molar-refractivity contribution is 5.81. The second kappa shape index (κ2) is 6.02. The number of ether oxygens (including phenoxy) is 1. The van der Waals surface area contributed by atoms with Gasteiger partial charge in [-0.15, -0.1) is 0 Å². The van der Waals surface area contributed by atoms with Gasteiger partial charge in [-0.3, -0.25) is 0 Å². The first-order chi connectivity index (χ1) is 7.27. The minimum absolute atomic E-state index is 0.283. The topological polar surface area (TPSA) is 26.3 Å². The molecule has 1 aromatic carbocycles. The van der Waals surface area contributed by atoms with Crippen LogP contribution in [0.1, 0.15) is 24.8 Å². The van der Waals surface area contributed by atoms with Crippen LogP contribution in [0.5, 0.6) is 0 Å². The Morgan fingerprint density at radius 3 is 2.60 bits per heavy atom. The van der Waals surface area contributed by atoms with Crippen LogP contribution < -0.4 is 0 Å². The smallest absolute Gasteiger partial charge is 0.330 e. The molecule has 1 rings (SSSR count). The van der Waals surface area contributed by atoms with E-state index in [0.29, 0.717) is 0 Å². The molecular weight excluding hydrogens is 188 g/mol. The standard InChI is InChI=1S/C13H16O2/c1-3-11(9-10-13(14)15-2)12-7-5-4-6-8-12/h4-11H,3H2,1-2H3/b10-9+. The molecule has 2 nitrogen and oxygen atoms in total. The van der Waals surface area contributed by atoms with Crippen LogP contribution in [-0.4, -0.2) is 13.1 Å². The van der Waals surface area contributed by atoms with Crippen molar-refractivity contribution >= 4 is 5.97 Å². The first-order valence-electron chi connectivity index (χ1n) is 5.09. The average Bonchev–Trinajstić information content (AvgIpc) is 2.31. The molecule has 0 spiro atoms. The van der Waals surface area contributed by atoms with Gasteiger partial charge >= 0.3 is 5.97 Å². The van der Waals surface area contributed by atoms with Crippen LogP contribution in [0.2, 0.25) is 0 Å². The first kappa shape index (κ1) is 11.5. The monoisotopic (exact) mass is 204 g/mol. The number of benzene rings is 1. The highest BCUT2D eigenvalue weighted by Gasteiger charge is 2.04. The number of hydrogen-bond donors (Lipinski definition) is 0. The van der Waals surface area contributed by atoms with Crippen molar-refractivity contribution in [2.45, 2.75) is 19.3 Å². The van der Waals surface area contributed by atoms with Gasteiger partial charge in [-0.1, -0.05) is 43.3 Å². The van der Waals surface area contributed by atoms with Crippen LogP contribution in [0.25, 0.3) is 0 Å². The van der Waals surface area contributed by atoms with Gasteiger partial charge in [-0.2, -0.15) is 0 Å². The molecule has 0 aliphatic carbocycles. The van der Waals surface area contributed by atoms with Gasteiger partial charge in [-0.05, 0) is 12.0 Å². The van der Waals surface area contributed by atoms with E-state index in [1.165, 1.54) is 18.7 Å². The van der Waals surface area contributed by atoms with E-state index in [-0.39, 0.29) is 11.9 Å². The summed E-state index contributed by atoms with van der Waals surface area (Å²) in [5.74, 6) is -0.0188. The van der Waals surface area contributed by atoms with Crippen molar-refractivity contribution in [1.29, 1.82) is 0 Å². The molecule has 0 aromatic heterocycles. The highest BCUT2D eigenvalue weighted by atomic mass is 16.5. The Hall–Kier alpha value is -1.57. The van der Waals surface area contributed by atoms with Crippen LogP contribution in [0.15, 0.2) is 42.5 Å². The van der Waals surface area contributed by atoms with E-state index < -0.39 is 0 Å². The van der Waals surface area contributed by atoms with Gasteiger partial charge in [-0.25, -0.2) is 4.79 Å². The number of esters is 1. The zero-order valence-electron chi connectivity index (χ0n) is 9.14. The number of carbonyl (C=O) groups is 1. The lowest BCUT2D eigenvalue weighted by atomic mass is 9.96. The zero-order valence-corrected chi connectivity index (χ0v) is 9.14. The van der Waals surface area contributed by atoms with E-state index >= 15 is 0 Å². The van der Waals surface area contributed by atoms with Crippen molar-refractivity contribution in [3.8, 4) is 0 Å². The third-order valence-electron chi connectivity index (χ3n) is 2.33. The van der Waals surface area contributed by atoms with Crippen LogP contribution in [0, 0.1) is 0 Å². The maximum absolute atomic E-state index is 11.0. The molecule has 1 atom stereocenters. The summed E-state index contributed by atoms with van der Waals surface area (Å²) < 4.78 is 4.56. The van der Waals surface area contributed by atoms with Crippen LogP contribution in [0.3, 0.4) is 0 Å². The summed E-state index contributed by atoms with van der Waals surface area (Å²) in [6, 6.07) is 10.1. The van der Waals surface area contributed by atoms with E-state index in [1.54, 1.807) is 0 Å². The van der Waals surface area contributed by atoms with Crippen LogP contribution in [-0.2, 0) is 9.53 Å². The molecule has 80 valence electrons. The number of carbonyl (C=O) groups excluding carboxylic acids is 1. The predicted octanol–water partition coefficient (Wildman–Crippen LogP) is 2.91. The van der Waals surface area contributed by atoms with Crippen molar-refractivity contribution in [3.63, 3.8) is 0 Å². The number of rotatable bonds is 4. The molecule has 0 saturated heterocycles. The minimum atomic E-state index is -0.301.